The average molecular weight is 411 g/mol. The maximum absolute atomic E-state index is 14.5. The number of H-pyrrole nitrogens is 2. The summed E-state index contributed by atoms with van der Waals surface area (Å²) in [6.07, 6.45) is 2.20. The van der Waals surface area contributed by atoms with E-state index in [0.29, 0.717) is 11.5 Å². The lowest BCUT2D eigenvalue weighted by Gasteiger charge is -2.22. The van der Waals surface area contributed by atoms with Gasteiger partial charge in [-0.1, -0.05) is 30.3 Å². The van der Waals surface area contributed by atoms with E-state index in [9.17, 15) is 4.39 Å². The summed E-state index contributed by atoms with van der Waals surface area (Å²) in [6, 6.07) is 19.0. The van der Waals surface area contributed by atoms with Gasteiger partial charge in [-0.05, 0) is 61.8 Å². The Kier molecular flexibility index (Phi) is 4.32. The molecule has 0 aliphatic carbocycles. The number of rotatable bonds is 3. The van der Waals surface area contributed by atoms with Gasteiger partial charge in [0.2, 0.25) is 0 Å². The number of aromatic amines is 2. The molecule has 154 valence electrons. The van der Waals surface area contributed by atoms with E-state index in [2.05, 4.69) is 32.6 Å². The second-order valence-corrected chi connectivity index (χ2v) is 8.16. The SMILES string of the molecule is Fc1ccccc1-c1cccc2[nH]c(-c3n[nH]c4ccc(C5CCNCC5)nc34)cc12. The van der Waals surface area contributed by atoms with Crippen molar-refractivity contribution in [1.82, 2.24) is 25.5 Å². The van der Waals surface area contributed by atoms with Crippen LogP contribution in [-0.2, 0) is 0 Å². The van der Waals surface area contributed by atoms with E-state index in [1.54, 1.807) is 6.07 Å². The van der Waals surface area contributed by atoms with Crippen LogP contribution in [0.25, 0.3) is 44.5 Å². The number of fused-ring (bicyclic) bond motifs is 2. The van der Waals surface area contributed by atoms with E-state index >= 15 is 0 Å². The van der Waals surface area contributed by atoms with Crippen molar-refractivity contribution in [2.45, 2.75) is 18.8 Å². The topological polar surface area (TPSA) is 69.4 Å². The molecular weight excluding hydrogens is 389 g/mol. The summed E-state index contributed by atoms with van der Waals surface area (Å²) < 4.78 is 14.5. The number of halogens is 1. The van der Waals surface area contributed by atoms with Gasteiger partial charge in [-0.3, -0.25) is 5.10 Å². The van der Waals surface area contributed by atoms with E-state index in [1.165, 1.54) is 6.07 Å². The van der Waals surface area contributed by atoms with Gasteiger partial charge in [-0.25, -0.2) is 9.37 Å². The molecule has 2 aromatic carbocycles. The predicted molar refractivity (Wildman–Crippen MR) is 121 cm³/mol. The monoisotopic (exact) mass is 411 g/mol. The van der Waals surface area contributed by atoms with Gasteiger partial charge in [-0.2, -0.15) is 5.10 Å². The van der Waals surface area contributed by atoms with E-state index in [4.69, 9.17) is 4.98 Å². The summed E-state index contributed by atoms with van der Waals surface area (Å²) >= 11 is 0. The number of hydrogen-bond donors (Lipinski definition) is 3. The fourth-order valence-electron chi connectivity index (χ4n) is 4.64. The summed E-state index contributed by atoms with van der Waals surface area (Å²) in [6.45, 7) is 2.06. The highest BCUT2D eigenvalue weighted by Crippen LogP contribution is 2.35. The number of benzene rings is 2. The Balaban J connectivity index is 1.48. The van der Waals surface area contributed by atoms with Crippen molar-refractivity contribution in [2.24, 2.45) is 0 Å². The minimum Gasteiger partial charge on any atom is -0.353 e. The molecule has 1 fully saturated rings. The Morgan fingerprint density at radius 3 is 2.58 bits per heavy atom. The normalized spacial score (nSPS) is 15.1. The highest BCUT2D eigenvalue weighted by Gasteiger charge is 2.20. The van der Waals surface area contributed by atoms with Crippen LogP contribution in [0, 0.1) is 5.82 Å². The molecule has 0 saturated carbocycles. The van der Waals surface area contributed by atoms with Gasteiger partial charge in [-0.15, -0.1) is 0 Å². The summed E-state index contributed by atoms with van der Waals surface area (Å²) in [5.74, 6) is 0.250. The van der Waals surface area contributed by atoms with Crippen LogP contribution in [0.1, 0.15) is 24.5 Å². The van der Waals surface area contributed by atoms with Crippen molar-refractivity contribution in [3.05, 3.63) is 72.2 Å². The lowest BCUT2D eigenvalue weighted by molar-refractivity contribution is 0.454. The third-order valence-electron chi connectivity index (χ3n) is 6.27. The van der Waals surface area contributed by atoms with Crippen LogP contribution in [0.2, 0.25) is 0 Å². The van der Waals surface area contributed by atoms with Crippen molar-refractivity contribution in [2.75, 3.05) is 13.1 Å². The van der Waals surface area contributed by atoms with Crippen LogP contribution in [0.5, 0.6) is 0 Å². The van der Waals surface area contributed by atoms with Crippen LogP contribution in [0.3, 0.4) is 0 Å². The second kappa shape index (κ2) is 7.32. The Morgan fingerprint density at radius 2 is 1.71 bits per heavy atom. The van der Waals surface area contributed by atoms with E-state index in [1.807, 2.05) is 36.4 Å². The highest BCUT2D eigenvalue weighted by atomic mass is 19.1. The zero-order valence-electron chi connectivity index (χ0n) is 17.0. The molecule has 3 aromatic heterocycles. The molecule has 0 bridgehead atoms. The molecule has 0 spiro atoms. The van der Waals surface area contributed by atoms with Crippen molar-refractivity contribution in [3.63, 3.8) is 0 Å². The molecule has 6 heteroatoms. The third kappa shape index (κ3) is 3.11. The van der Waals surface area contributed by atoms with Crippen LogP contribution in [0.15, 0.2) is 60.7 Å². The lowest BCUT2D eigenvalue weighted by Crippen LogP contribution is -2.27. The number of nitrogens with zero attached hydrogens (tertiary/aromatic N) is 2. The van der Waals surface area contributed by atoms with Gasteiger partial charge in [0, 0.05) is 28.1 Å². The molecule has 31 heavy (non-hydrogen) atoms. The maximum atomic E-state index is 14.5. The number of piperidine rings is 1. The number of pyridine rings is 1. The molecule has 3 N–H and O–H groups in total. The van der Waals surface area contributed by atoms with Crippen LogP contribution in [0.4, 0.5) is 4.39 Å². The zero-order valence-corrected chi connectivity index (χ0v) is 17.0. The first-order valence-corrected chi connectivity index (χ1v) is 10.7. The number of nitrogens with one attached hydrogen (secondary N) is 3. The van der Waals surface area contributed by atoms with Crippen molar-refractivity contribution in [3.8, 4) is 22.5 Å². The van der Waals surface area contributed by atoms with Gasteiger partial charge in [0.15, 0.2) is 0 Å². The summed E-state index contributed by atoms with van der Waals surface area (Å²) in [4.78, 5) is 8.46. The van der Waals surface area contributed by atoms with Crippen LogP contribution < -0.4 is 5.32 Å². The third-order valence-corrected chi connectivity index (χ3v) is 6.27. The first kappa shape index (κ1) is 18.3. The summed E-state index contributed by atoms with van der Waals surface area (Å²) in [5.41, 5.74) is 6.98. The fourth-order valence-corrected chi connectivity index (χ4v) is 4.64. The Morgan fingerprint density at radius 1 is 0.871 bits per heavy atom. The molecule has 0 atom stereocenters. The van der Waals surface area contributed by atoms with Crippen molar-refractivity contribution >= 4 is 21.9 Å². The first-order valence-electron chi connectivity index (χ1n) is 10.7. The predicted octanol–water partition coefficient (Wildman–Crippen LogP) is 5.38. The zero-order chi connectivity index (χ0) is 20.8. The van der Waals surface area contributed by atoms with Crippen molar-refractivity contribution in [1.29, 1.82) is 0 Å². The molecule has 0 unspecified atom stereocenters. The van der Waals surface area contributed by atoms with E-state index in [-0.39, 0.29) is 5.82 Å². The van der Waals surface area contributed by atoms with Crippen molar-refractivity contribution < 1.29 is 4.39 Å². The van der Waals surface area contributed by atoms with Gasteiger partial charge in [0.1, 0.15) is 17.0 Å². The second-order valence-electron chi connectivity index (χ2n) is 8.16. The molecule has 5 nitrogen and oxygen atoms in total. The molecule has 4 heterocycles. The van der Waals surface area contributed by atoms with Gasteiger partial charge >= 0.3 is 0 Å². The molecule has 6 rings (SSSR count). The quantitative estimate of drug-likeness (QED) is 0.373. The Labute approximate surface area is 178 Å². The minimum atomic E-state index is -0.226. The molecule has 1 aliphatic rings. The molecule has 1 aliphatic heterocycles. The summed E-state index contributed by atoms with van der Waals surface area (Å²) in [5, 5.41) is 12.1. The highest BCUT2D eigenvalue weighted by molar-refractivity contribution is 6.00. The van der Waals surface area contributed by atoms with Gasteiger partial charge < -0.3 is 10.3 Å². The summed E-state index contributed by atoms with van der Waals surface area (Å²) in [7, 11) is 0. The van der Waals surface area contributed by atoms with Gasteiger partial charge in [0.05, 0.1) is 11.2 Å². The molecule has 0 amide bonds. The maximum Gasteiger partial charge on any atom is 0.135 e. The fraction of sp³-hybridized carbons (Fsp3) is 0.200. The number of aromatic nitrogens is 4. The van der Waals surface area contributed by atoms with E-state index < -0.39 is 0 Å². The largest absolute Gasteiger partial charge is 0.353 e. The Hall–Kier alpha value is -3.51. The minimum absolute atomic E-state index is 0.226. The Bertz CT molecular complexity index is 1390. The van der Waals surface area contributed by atoms with Crippen LogP contribution >= 0.6 is 0 Å². The number of hydrogen-bond acceptors (Lipinski definition) is 3. The van der Waals surface area contributed by atoms with E-state index in [0.717, 1.165) is 70.5 Å². The molecule has 0 radical (unpaired) electrons. The average Bonchev–Trinajstić information content (AvgIpc) is 3.43. The van der Waals surface area contributed by atoms with Crippen LogP contribution in [-0.4, -0.2) is 33.3 Å². The first-order chi connectivity index (χ1) is 15.3. The molecule has 1 saturated heterocycles. The lowest BCUT2D eigenvalue weighted by atomic mass is 9.94. The smallest absolute Gasteiger partial charge is 0.135 e. The molecule has 5 aromatic rings. The standard InChI is InChI=1S/C25H22FN5/c26-19-6-2-1-4-17(19)16-5-3-7-21-18(16)14-23(28-21)25-24-22(30-31-25)9-8-20(29-24)15-10-12-27-13-11-15/h1-9,14-15,27-28H,10-13H2,(H,30,31). The van der Waals surface area contributed by atoms with Gasteiger partial charge in [0.25, 0.3) is 0 Å². The molecular formula is C25H22FN5.